The smallest absolute Gasteiger partial charge is 0.343 e. The Labute approximate surface area is 239 Å². The van der Waals surface area contributed by atoms with E-state index in [4.69, 9.17) is 18.7 Å². The van der Waals surface area contributed by atoms with Crippen LogP contribution in [0.1, 0.15) is 38.3 Å². The summed E-state index contributed by atoms with van der Waals surface area (Å²) in [7, 11) is 0.228. The second kappa shape index (κ2) is 14.6. The molecule has 0 aliphatic carbocycles. The van der Waals surface area contributed by atoms with Gasteiger partial charge in [0.25, 0.3) is 0 Å². The molecule has 222 valence electrons. The van der Waals surface area contributed by atoms with Crippen molar-refractivity contribution in [2.45, 2.75) is 32.7 Å². The van der Waals surface area contributed by atoms with Crippen molar-refractivity contribution >= 4 is 37.2 Å². The quantitative estimate of drug-likeness (QED) is 0.139. The van der Waals surface area contributed by atoms with Gasteiger partial charge in [-0.3, -0.25) is 18.9 Å². The highest BCUT2D eigenvalue weighted by atomic mass is 31.2. The molecule has 0 saturated carbocycles. The molecule has 0 bridgehead atoms. The van der Waals surface area contributed by atoms with E-state index in [1.165, 1.54) is 70.8 Å². The summed E-state index contributed by atoms with van der Waals surface area (Å²) in [5.74, 6) is -1.98. The van der Waals surface area contributed by atoms with Gasteiger partial charge < -0.3 is 28.9 Å². The van der Waals surface area contributed by atoms with E-state index in [9.17, 15) is 29.2 Å². The van der Waals surface area contributed by atoms with Crippen LogP contribution in [0.3, 0.4) is 0 Å². The highest BCUT2D eigenvalue weighted by Gasteiger charge is 2.44. The number of allylic oxidation sites excluding steroid dienone is 2. The van der Waals surface area contributed by atoms with Gasteiger partial charge in [0.15, 0.2) is 34.6 Å². The highest BCUT2D eigenvalue weighted by molar-refractivity contribution is 7.57. The van der Waals surface area contributed by atoms with E-state index in [2.05, 4.69) is 5.09 Å². The molecule has 0 saturated heterocycles. The number of nitrogens with one attached hydrogen (secondary N) is 1. The Balaban J connectivity index is 2.14. The number of rotatable bonds is 16. The van der Waals surface area contributed by atoms with Gasteiger partial charge >= 0.3 is 13.5 Å². The predicted octanol–water partition coefficient (Wildman–Crippen LogP) is 4.93. The molecule has 0 aromatic heterocycles. The number of ether oxygens (including phenoxy) is 3. The fraction of sp³-hybridized carbons (Fsp3) is 0.345. The van der Waals surface area contributed by atoms with Gasteiger partial charge in [0.2, 0.25) is 0 Å². The van der Waals surface area contributed by atoms with Crippen LogP contribution in [0.4, 0.5) is 0 Å². The Morgan fingerprint density at radius 1 is 0.927 bits per heavy atom. The minimum absolute atomic E-state index is 0.0273. The van der Waals surface area contributed by atoms with E-state index in [-0.39, 0.29) is 29.4 Å². The standard InChI is InChI=1S/C29H36NO10P/c1-19(2)29(3,28(34)35)30-41(36,18-37-4)40-25-14-10-21(16-27(25)39-6)8-12-23(32)17-22(31)11-7-20-9-13-24(33)26(15-20)38-5/h7-16,19,33H,17-18H2,1-6H3,(H,30,36)(H,34,35)/b11-7+,12-8+. The van der Waals surface area contributed by atoms with E-state index in [1.54, 1.807) is 32.0 Å². The average molecular weight is 590 g/mol. The molecule has 11 nitrogen and oxygen atoms in total. The van der Waals surface area contributed by atoms with Crippen molar-refractivity contribution in [2.75, 3.05) is 27.7 Å². The number of methoxy groups -OCH3 is 3. The summed E-state index contributed by atoms with van der Waals surface area (Å²) in [5, 5.41) is 22.0. The Morgan fingerprint density at radius 3 is 1.95 bits per heavy atom. The number of phenols is 1. The predicted molar refractivity (Wildman–Crippen MR) is 154 cm³/mol. The summed E-state index contributed by atoms with van der Waals surface area (Å²) in [4.78, 5) is 36.5. The zero-order chi connectivity index (χ0) is 30.8. The molecule has 2 aromatic carbocycles. The third kappa shape index (κ3) is 9.31. The number of phenolic OH excluding ortho intramolecular Hbond substituents is 1. The summed E-state index contributed by atoms with van der Waals surface area (Å²) < 4.78 is 34.8. The number of benzene rings is 2. The molecule has 2 unspecified atom stereocenters. The number of hydrogen-bond acceptors (Lipinski definition) is 9. The van der Waals surface area contributed by atoms with Crippen LogP contribution in [0, 0.1) is 5.92 Å². The maximum atomic E-state index is 13.6. The van der Waals surface area contributed by atoms with Crippen molar-refractivity contribution < 1.29 is 47.9 Å². The number of carbonyl (C=O) groups excluding carboxylic acids is 2. The van der Waals surface area contributed by atoms with Crippen molar-refractivity contribution in [1.82, 2.24) is 5.09 Å². The molecule has 3 N–H and O–H groups in total. The molecule has 0 fully saturated rings. The Bertz CT molecular complexity index is 1370. The molecule has 0 aliphatic heterocycles. The monoisotopic (exact) mass is 589 g/mol. The number of aromatic hydroxyl groups is 1. The molecule has 0 radical (unpaired) electrons. The fourth-order valence-corrected chi connectivity index (χ4v) is 5.55. The first-order chi connectivity index (χ1) is 19.3. The second-order valence-corrected chi connectivity index (χ2v) is 11.6. The van der Waals surface area contributed by atoms with E-state index < -0.39 is 42.9 Å². The molecule has 0 amide bonds. The van der Waals surface area contributed by atoms with Gasteiger partial charge in [-0.05, 0) is 60.4 Å². The topological polar surface area (TPSA) is 158 Å². The number of carbonyl (C=O) groups is 3. The van der Waals surface area contributed by atoms with Gasteiger partial charge in [-0.1, -0.05) is 38.1 Å². The van der Waals surface area contributed by atoms with Crippen molar-refractivity contribution in [3.8, 4) is 23.0 Å². The van der Waals surface area contributed by atoms with Crippen LogP contribution in [0.25, 0.3) is 12.2 Å². The molecule has 2 aromatic rings. The molecular formula is C29H36NO10P. The van der Waals surface area contributed by atoms with Crippen LogP contribution in [-0.2, 0) is 23.7 Å². The number of aliphatic carboxylic acids is 1. The maximum absolute atomic E-state index is 13.6. The van der Waals surface area contributed by atoms with Crippen LogP contribution in [-0.4, -0.2) is 61.0 Å². The zero-order valence-corrected chi connectivity index (χ0v) is 24.8. The number of carboxylic acids is 1. The zero-order valence-electron chi connectivity index (χ0n) is 23.9. The Kier molecular flexibility index (Phi) is 11.9. The van der Waals surface area contributed by atoms with Gasteiger partial charge in [0.1, 0.15) is 11.9 Å². The minimum atomic E-state index is -3.88. The molecule has 12 heteroatoms. The third-order valence-corrected chi connectivity index (χ3v) is 8.10. The molecule has 2 atom stereocenters. The first-order valence-corrected chi connectivity index (χ1v) is 14.3. The summed E-state index contributed by atoms with van der Waals surface area (Å²) >= 11 is 0. The summed E-state index contributed by atoms with van der Waals surface area (Å²) in [6.45, 7) is 4.77. The minimum Gasteiger partial charge on any atom is -0.504 e. The lowest BCUT2D eigenvalue weighted by Gasteiger charge is -2.34. The Hall–Kier alpha value is -3.92. The average Bonchev–Trinajstić information content (AvgIpc) is 2.91. The molecule has 2 rings (SSSR count). The third-order valence-electron chi connectivity index (χ3n) is 6.21. The SMILES string of the molecule is COCP(=O)(NC(C)(C(=O)O)C(C)C)Oc1ccc(/C=C/C(=O)CC(=O)/C=C/c2ccc(O)c(OC)c2)cc1OC. The lowest BCUT2D eigenvalue weighted by atomic mass is 9.90. The highest BCUT2D eigenvalue weighted by Crippen LogP contribution is 2.48. The number of ketones is 2. The van der Waals surface area contributed by atoms with E-state index >= 15 is 0 Å². The van der Waals surface area contributed by atoms with Gasteiger partial charge in [0, 0.05) is 7.11 Å². The van der Waals surface area contributed by atoms with Gasteiger partial charge in [-0.2, -0.15) is 0 Å². The largest absolute Gasteiger partial charge is 0.504 e. The van der Waals surface area contributed by atoms with Crippen molar-refractivity contribution in [1.29, 1.82) is 0 Å². The van der Waals surface area contributed by atoms with Crippen LogP contribution in [0.2, 0.25) is 0 Å². The summed E-state index contributed by atoms with van der Waals surface area (Å²) in [5.41, 5.74) is -0.408. The molecule has 41 heavy (non-hydrogen) atoms. The van der Waals surface area contributed by atoms with Crippen molar-refractivity contribution in [2.24, 2.45) is 5.92 Å². The number of carboxylic acid groups (broad SMARTS) is 1. The first-order valence-electron chi connectivity index (χ1n) is 12.5. The van der Waals surface area contributed by atoms with E-state index in [0.29, 0.717) is 11.1 Å². The maximum Gasteiger partial charge on any atom is 0.343 e. The summed E-state index contributed by atoms with van der Waals surface area (Å²) in [6, 6.07) is 9.18. The van der Waals surface area contributed by atoms with Crippen LogP contribution in [0.5, 0.6) is 23.0 Å². The Morgan fingerprint density at radius 2 is 1.46 bits per heavy atom. The van der Waals surface area contributed by atoms with Gasteiger partial charge in [0.05, 0.1) is 20.6 Å². The molecule has 0 heterocycles. The molecular weight excluding hydrogens is 553 g/mol. The van der Waals surface area contributed by atoms with E-state index in [0.717, 1.165) is 0 Å². The van der Waals surface area contributed by atoms with Gasteiger partial charge in [-0.15, -0.1) is 0 Å². The van der Waals surface area contributed by atoms with Crippen molar-refractivity contribution in [3.63, 3.8) is 0 Å². The van der Waals surface area contributed by atoms with Crippen molar-refractivity contribution in [3.05, 3.63) is 59.7 Å². The lowest BCUT2D eigenvalue weighted by Crippen LogP contribution is -2.52. The fourth-order valence-electron chi connectivity index (χ4n) is 3.52. The normalized spacial score (nSPS) is 14.5. The summed E-state index contributed by atoms with van der Waals surface area (Å²) in [6.07, 6.45) is 4.78. The first kappa shape index (κ1) is 33.3. The molecule has 0 aliphatic rings. The van der Waals surface area contributed by atoms with E-state index in [1.807, 2.05) is 0 Å². The van der Waals surface area contributed by atoms with Crippen LogP contribution >= 0.6 is 7.52 Å². The number of hydrogen-bond donors (Lipinski definition) is 3. The van der Waals surface area contributed by atoms with Crippen LogP contribution in [0.15, 0.2) is 48.6 Å². The lowest BCUT2D eigenvalue weighted by molar-refractivity contribution is -0.145. The van der Waals surface area contributed by atoms with Crippen LogP contribution < -0.4 is 19.1 Å². The second-order valence-electron chi connectivity index (χ2n) is 9.57. The van der Waals surface area contributed by atoms with Gasteiger partial charge in [-0.25, -0.2) is 5.09 Å². The molecule has 0 spiro atoms.